The Morgan fingerprint density at radius 3 is 2.65 bits per heavy atom. The lowest BCUT2D eigenvalue weighted by Gasteiger charge is -2.27. The molecule has 0 saturated heterocycles. The van der Waals surface area contributed by atoms with Gasteiger partial charge in [0.15, 0.2) is 0 Å². The third-order valence-corrected chi connectivity index (χ3v) is 5.00. The molecule has 0 spiro atoms. The molecule has 17 heavy (non-hydrogen) atoms. The summed E-state index contributed by atoms with van der Waals surface area (Å²) in [5.41, 5.74) is 1.42. The molecule has 4 atom stereocenters. The third kappa shape index (κ3) is 3.34. The van der Waals surface area contributed by atoms with Crippen LogP contribution in [0.2, 0.25) is 0 Å². The Labute approximate surface area is 107 Å². The standard InChI is InChI=1S/C16H29N/c1-4-12(3)8-16(17-5-2)11-15-10-13-6-7-14(15)9-13/h13-17H,3-11H2,1-2H3. The minimum Gasteiger partial charge on any atom is -0.314 e. The molecular formula is C16H29N. The highest BCUT2D eigenvalue weighted by Gasteiger charge is 2.39. The van der Waals surface area contributed by atoms with E-state index in [1.807, 2.05) is 0 Å². The van der Waals surface area contributed by atoms with Crippen molar-refractivity contribution >= 4 is 0 Å². The zero-order chi connectivity index (χ0) is 12.3. The third-order valence-electron chi connectivity index (χ3n) is 5.00. The topological polar surface area (TPSA) is 12.0 Å². The van der Waals surface area contributed by atoms with Crippen LogP contribution in [0.15, 0.2) is 12.2 Å². The SMILES string of the molecule is C=C(CC)CC(CC1CC2CCC1C2)NCC. The van der Waals surface area contributed by atoms with Crippen LogP contribution < -0.4 is 5.32 Å². The Hall–Kier alpha value is -0.300. The molecule has 0 amide bonds. The van der Waals surface area contributed by atoms with Crippen LogP contribution in [0.1, 0.15) is 58.8 Å². The molecule has 0 aromatic carbocycles. The molecule has 0 radical (unpaired) electrons. The Morgan fingerprint density at radius 2 is 2.12 bits per heavy atom. The van der Waals surface area contributed by atoms with Gasteiger partial charge < -0.3 is 5.32 Å². The summed E-state index contributed by atoms with van der Waals surface area (Å²) in [7, 11) is 0. The summed E-state index contributed by atoms with van der Waals surface area (Å²) in [5.74, 6) is 3.17. The van der Waals surface area contributed by atoms with Crippen molar-refractivity contribution in [3.63, 3.8) is 0 Å². The molecular weight excluding hydrogens is 206 g/mol. The fraction of sp³-hybridized carbons (Fsp3) is 0.875. The highest BCUT2D eigenvalue weighted by molar-refractivity contribution is 4.99. The first-order valence-electron chi connectivity index (χ1n) is 7.62. The minimum atomic E-state index is 0.691. The van der Waals surface area contributed by atoms with E-state index < -0.39 is 0 Å². The van der Waals surface area contributed by atoms with E-state index in [2.05, 4.69) is 25.7 Å². The van der Waals surface area contributed by atoms with Gasteiger partial charge in [-0.3, -0.25) is 0 Å². The van der Waals surface area contributed by atoms with E-state index in [1.54, 1.807) is 0 Å². The molecule has 1 N–H and O–H groups in total. The lowest BCUT2D eigenvalue weighted by molar-refractivity contribution is 0.277. The fourth-order valence-corrected chi connectivity index (χ4v) is 4.05. The van der Waals surface area contributed by atoms with Gasteiger partial charge in [-0.1, -0.05) is 32.4 Å². The van der Waals surface area contributed by atoms with Crippen molar-refractivity contribution in [2.45, 2.75) is 64.8 Å². The van der Waals surface area contributed by atoms with E-state index >= 15 is 0 Å². The van der Waals surface area contributed by atoms with Crippen molar-refractivity contribution in [2.75, 3.05) is 6.54 Å². The van der Waals surface area contributed by atoms with E-state index in [0.717, 1.165) is 30.7 Å². The summed E-state index contributed by atoms with van der Waals surface area (Å²) in [6, 6.07) is 0.691. The maximum atomic E-state index is 4.18. The van der Waals surface area contributed by atoms with Crippen molar-refractivity contribution in [2.24, 2.45) is 17.8 Å². The van der Waals surface area contributed by atoms with Crippen LogP contribution in [0, 0.1) is 17.8 Å². The molecule has 2 fully saturated rings. The monoisotopic (exact) mass is 235 g/mol. The van der Waals surface area contributed by atoms with Crippen molar-refractivity contribution in [1.82, 2.24) is 5.32 Å². The van der Waals surface area contributed by atoms with E-state index in [0.29, 0.717) is 6.04 Å². The molecule has 98 valence electrons. The highest BCUT2D eigenvalue weighted by Crippen LogP contribution is 2.50. The van der Waals surface area contributed by atoms with Crippen LogP contribution in [0.4, 0.5) is 0 Å². The Morgan fingerprint density at radius 1 is 1.29 bits per heavy atom. The number of hydrogen-bond acceptors (Lipinski definition) is 1. The summed E-state index contributed by atoms with van der Waals surface area (Å²) >= 11 is 0. The summed E-state index contributed by atoms with van der Waals surface area (Å²) in [5, 5.41) is 3.67. The molecule has 0 aromatic heterocycles. The van der Waals surface area contributed by atoms with Gasteiger partial charge in [-0.15, -0.1) is 0 Å². The van der Waals surface area contributed by atoms with Crippen LogP contribution in [0.5, 0.6) is 0 Å². The molecule has 4 unspecified atom stereocenters. The molecule has 2 saturated carbocycles. The fourth-order valence-electron chi connectivity index (χ4n) is 4.05. The van der Waals surface area contributed by atoms with E-state index in [1.165, 1.54) is 44.1 Å². The van der Waals surface area contributed by atoms with E-state index in [-0.39, 0.29) is 0 Å². The second-order valence-electron chi connectivity index (χ2n) is 6.23. The smallest absolute Gasteiger partial charge is 0.0107 e. The van der Waals surface area contributed by atoms with Gasteiger partial charge in [0.25, 0.3) is 0 Å². The average Bonchev–Trinajstić information content (AvgIpc) is 2.91. The largest absolute Gasteiger partial charge is 0.314 e. The molecule has 0 aromatic rings. The van der Waals surface area contributed by atoms with Crippen LogP contribution in [0.25, 0.3) is 0 Å². The van der Waals surface area contributed by atoms with Gasteiger partial charge in [0.2, 0.25) is 0 Å². The zero-order valence-corrected chi connectivity index (χ0v) is 11.7. The molecule has 2 aliphatic rings. The first-order chi connectivity index (χ1) is 8.22. The lowest BCUT2D eigenvalue weighted by Crippen LogP contribution is -2.32. The average molecular weight is 235 g/mol. The van der Waals surface area contributed by atoms with Gasteiger partial charge in [-0.05, 0) is 62.8 Å². The lowest BCUT2D eigenvalue weighted by atomic mass is 9.83. The van der Waals surface area contributed by atoms with Gasteiger partial charge in [-0.2, -0.15) is 0 Å². The molecule has 2 bridgehead atoms. The van der Waals surface area contributed by atoms with Crippen LogP contribution in [0.3, 0.4) is 0 Å². The van der Waals surface area contributed by atoms with E-state index in [9.17, 15) is 0 Å². The van der Waals surface area contributed by atoms with E-state index in [4.69, 9.17) is 0 Å². The van der Waals surface area contributed by atoms with Gasteiger partial charge in [0.05, 0.1) is 0 Å². The summed E-state index contributed by atoms with van der Waals surface area (Å²) in [4.78, 5) is 0. The van der Waals surface area contributed by atoms with Crippen molar-refractivity contribution in [3.8, 4) is 0 Å². The molecule has 0 aliphatic heterocycles. The summed E-state index contributed by atoms with van der Waals surface area (Å²) < 4.78 is 0. The highest BCUT2D eigenvalue weighted by atomic mass is 14.9. The minimum absolute atomic E-state index is 0.691. The maximum Gasteiger partial charge on any atom is 0.0107 e. The number of hydrogen-bond donors (Lipinski definition) is 1. The van der Waals surface area contributed by atoms with Crippen molar-refractivity contribution in [1.29, 1.82) is 0 Å². The predicted molar refractivity (Wildman–Crippen MR) is 75.1 cm³/mol. The normalized spacial score (nSPS) is 32.9. The first-order valence-corrected chi connectivity index (χ1v) is 7.62. The molecule has 1 nitrogen and oxygen atoms in total. The Kier molecular flexibility index (Phi) is 4.67. The maximum absolute atomic E-state index is 4.18. The predicted octanol–water partition coefficient (Wildman–Crippen LogP) is 4.15. The van der Waals surface area contributed by atoms with Crippen LogP contribution in [-0.4, -0.2) is 12.6 Å². The zero-order valence-electron chi connectivity index (χ0n) is 11.7. The first kappa shape index (κ1) is 13.1. The Bertz CT molecular complexity index is 258. The number of rotatable bonds is 7. The molecule has 1 heteroatoms. The summed E-state index contributed by atoms with van der Waals surface area (Å²) in [6.45, 7) is 9.73. The van der Waals surface area contributed by atoms with Crippen LogP contribution in [-0.2, 0) is 0 Å². The van der Waals surface area contributed by atoms with Gasteiger partial charge >= 0.3 is 0 Å². The van der Waals surface area contributed by atoms with Gasteiger partial charge in [0, 0.05) is 6.04 Å². The van der Waals surface area contributed by atoms with Crippen molar-refractivity contribution < 1.29 is 0 Å². The van der Waals surface area contributed by atoms with Gasteiger partial charge in [0.1, 0.15) is 0 Å². The summed E-state index contributed by atoms with van der Waals surface area (Å²) in [6.07, 6.45) is 9.83. The molecule has 0 heterocycles. The molecule has 2 rings (SSSR count). The van der Waals surface area contributed by atoms with Gasteiger partial charge in [-0.25, -0.2) is 0 Å². The quantitative estimate of drug-likeness (QED) is 0.654. The molecule has 2 aliphatic carbocycles. The second-order valence-corrected chi connectivity index (χ2v) is 6.23. The van der Waals surface area contributed by atoms with Crippen molar-refractivity contribution in [3.05, 3.63) is 12.2 Å². The van der Waals surface area contributed by atoms with Crippen LogP contribution >= 0.6 is 0 Å². The number of fused-ring (bicyclic) bond motifs is 2. The number of nitrogens with one attached hydrogen (secondary N) is 1. The second kappa shape index (κ2) is 6.04. The Balaban J connectivity index is 1.82.